The Balaban J connectivity index is 2.34. The summed E-state index contributed by atoms with van der Waals surface area (Å²) in [6.45, 7) is 1.80. The van der Waals surface area contributed by atoms with Crippen molar-refractivity contribution >= 4 is 11.6 Å². The van der Waals surface area contributed by atoms with Crippen LogP contribution in [0.4, 0.5) is 5.69 Å². The lowest BCUT2D eigenvalue weighted by molar-refractivity contribution is -0.118. The fraction of sp³-hybridized carbons (Fsp3) is 0.417. The molecule has 0 fully saturated rings. The standard InChI is InChI=1S/C12H19N3O2/c13-6-7-15-10-3-1-4-11(9-10)17-8-2-5-12(14)16/h1,3-4,9,15H,2,5-8,13H2,(H2,14,16). The summed E-state index contributed by atoms with van der Waals surface area (Å²) in [4.78, 5) is 10.5. The number of anilines is 1. The van der Waals surface area contributed by atoms with Crippen molar-refractivity contribution in [3.05, 3.63) is 24.3 Å². The van der Waals surface area contributed by atoms with E-state index in [1.807, 2.05) is 24.3 Å². The zero-order valence-corrected chi connectivity index (χ0v) is 9.82. The highest BCUT2D eigenvalue weighted by Crippen LogP contribution is 2.17. The number of carbonyl (C=O) groups is 1. The Labute approximate surface area is 101 Å². The molecule has 94 valence electrons. The van der Waals surface area contributed by atoms with Gasteiger partial charge in [-0.1, -0.05) is 6.07 Å². The van der Waals surface area contributed by atoms with Crippen LogP contribution in [0.5, 0.6) is 5.75 Å². The highest BCUT2D eigenvalue weighted by atomic mass is 16.5. The lowest BCUT2D eigenvalue weighted by Crippen LogP contribution is -2.13. The molecule has 0 aliphatic rings. The van der Waals surface area contributed by atoms with Crippen molar-refractivity contribution in [1.82, 2.24) is 0 Å². The summed E-state index contributed by atoms with van der Waals surface area (Å²) in [6, 6.07) is 7.63. The van der Waals surface area contributed by atoms with Gasteiger partial charge in [0.15, 0.2) is 0 Å². The fourth-order valence-electron chi connectivity index (χ4n) is 1.35. The second-order valence-electron chi connectivity index (χ2n) is 3.66. The number of rotatable bonds is 8. The molecular weight excluding hydrogens is 218 g/mol. The minimum atomic E-state index is -0.299. The molecule has 0 saturated carbocycles. The normalized spacial score (nSPS) is 9.94. The van der Waals surface area contributed by atoms with E-state index in [1.54, 1.807) is 0 Å². The summed E-state index contributed by atoms with van der Waals surface area (Å²) in [5.41, 5.74) is 11.4. The van der Waals surface area contributed by atoms with Crippen molar-refractivity contribution in [3.63, 3.8) is 0 Å². The van der Waals surface area contributed by atoms with Crippen LogP contribution in [-0.2, 0) is 4.79 Å². The lowest BCUT2D eigenvalue weighted by Gasteiger charge is -2.08. The van der Waals surface area contributed by atoms with Crippen molar-refractivity contribution in [1.29, 1.82) is 0 Å². The summed E-state index contributed by atoms with van der Waals surface area (Å²) < 4.78 is 5.50. The van der Waals surface area contributed by atoms with Crippen molar-refractivity contribution in [2.45, 2.75) is 12.8 Å². The van der Waals surface area contributed by atoms with E-state index in [1.165, 1.54) is 0 Å². The summed E-state index contributed by atoms with van der Waals surface area (Å²) in [7, 11) is 0. The minimum absolute atomic E-state index is 0.299. The summed E-state index contributed by atoms with van der Waals surface area (Å²) >= 11 is 0. The first kappa shape index (κ1) is 13.3. The first-order valence-electron chi connectivity index (χ1n) is 5.67. The Morgan fingerprint density at radius 3 is 2.94 bits per heavy atom. The van der Waals surface area contributed by atoms with E-state index in [2.05, 4.69) is 5.32 Å². The molecule has 1 amide bonds. The van der Waals surface area contributed by atoms with Gasteiger partial charge in [0.25, 0.3) is 0 Å². The van der Waals surface area contributed by atoms with Crippen LogP contribution in [0, 0.1) is 0 Å². The van der Waals surface area contributed by atoms with Gasteiger partial charge < -0.3 is 21.5 Å². The zero-order chi connectivity index (χ0) is 12.5. The van der Waals surface area contributed by atoms with Crippen molar-refractivity contribution in [2.24, 2.45) is 11.5 Å². The first-order chi connectivity index (χ1) is 8.22. The number of primary amides is 1. The Kier molecular flexibility index (Phi) is 5.88. The summed E-state index contributed by atoms with van der Waals surface area (Å²) in [5, 5.41) is 3.16. The third-order valence-corrected chi connectivity index (χ3v) is 2.14. The number of amides is 1. The van der Waals surface area contributed by atoms with Gasteiger partial charge in [0, 0.05) is 31.3 Å². The van der Waals surface area contributed by atoms with Gasteiger partial charge in [0.05, 0.1) is 6.61 Å². The Morgan fingerprint density at radius 2 is 2.24 bits per heavy atom. The number of ether oxygens (including phenoxy) is 1. The Bertz CT molecular complexity index is 355. The molecule has 0 aliphatic heterocycles. The van der Waals surface area contributed by atoms with Crippen LogP contribution in [0.3, 0.4) is 0 Å². The molecule has 1 aromatic rings. The number of hydrogen-bond donors (Lipinski definition) is 3. The van der Waals surface area contributed by atoms with E-state index in [4.69, 9.17) is 16.2 Å². The molecule has 0 bridgehead atoms. The largest absolute Gasteiger partial charge is 0.494 e. The average molecular weight is 237 g/mol. The molecule has 1 aromatic carbocycles. The molecule has 0 saturated heterocycles. The van der Waals surface area contributed by atoms with E-state index < -0.39 is 0 Å². The third-order valence-electron chi connectivity index (χ3n) is 2.14. The molecule has 5 N–H and O–H groups in total. The maximum absolute atomic E-state index is 10.5. The Hall–Kier alpha value is -1.75. The lowest BCUT2D eigenvalue weighted by atomic mass is 10.3. The third kappa shape index (κ3) is 5.77. The van der Waals surface area contributed by atoms with Gasteiger partial charge >= 0.3 is 0 Å². The van der Waals surface area contributed by atoms with Crippen molar-refractivity contribution in [3.8, 4) is 5.75 Å². The van der Waals surface area contributed by atoms with E-state index in [0.29, 0.717) is 26.0 Å². The molecule has 17 heavy (non-hydrogen) atoms. The van der Waals surface area contributed by atoms with E-state index in [0.717, 1.165) is 18.0 Å². The molecule has 0 aliphatic carbocycles. The molecule has 1 rings (SSSR count). The van der Waals surface area contributed by atoms with Crippen LogP contribution in [0.25, 0.3) is 0 Å². The van der Waals surface area contributed by atoms with Crippen molar-refractivity contribution < 1.29 is 9.53 Å². The number of carbonyl (C=O) groups excluding carboxylic acids is 1. The Morgan fingerprint density at radius 1 is 1.41 bits per heavy atom. The van der Waals surface area contributed by atoms with Crippen molar-refractivity contribution in [2.75, 3.05) is 25.0 Å². The molecule has 0 heterocycles. The SMILES string of the molecule is NCCNc1cccc(OCCCC(N)=O)c1. The number of benzene rings is 1. The zero-order valence-electron chi connectivity index (χ0n) is 9.82. The average Bonchev–Trinajstić information content (AvgIpc) is 2.32. The van der Waals surface area contributed by atoms with E-state index >= 15 is 0 Å². The molecule has 0 unspecified atom stereocenters. The first-order valence-corrected chi connectivity index (χ1v) is 5.67. The smallest absolute Gasteiger partial charge is 0.217 e. The van der Waals surface area contributed by atoms with Gasteiger partial charge in [-0.15, -0.1) is 0 Å². The van der Waals surface area contributed by atoms with Gasteiger partial charge in [-0.05, 0) is 18.6 Å². The molecule has 0 aromatic heterocycles. The van der Waals surface area contributed by atoms with Gasteiger partial charge in [0.1, 0.15) is 5.75 Å². The number of nitrogens with one attached hydrogen (secondary N) is 1. The molecule has 0 radical (unpaired) electrons. The fourth-order valence-corrected chi connectivity index (χ4v) is 1.35. The van der Waals surface area contributed by atoms with Crippen LogP contribution in [0.1, 0.15) is 12.8 Å². The van der Waals surface area contributed by atoms with Crippen LogP contribution < -0.4 is 21.5 Å². The van der Waals surface area contributed by atoms with Gasteiger partial charge in [-0.3, -0.25) is 4.79 Å². The second kappa shape index (κ2) is 7.51. The monoisotopic (exact) mass is 237 g/mol. The highest BCUT2D eigenvalue weighted by molar-refractivity contribution is 5.73. The van der Waals surface area contributed by atoms with Crippen LogP contribution in [0.15, 0.2) is 24.3 Å². The molecule has 5 nitrogen and oxygen atoms in total. The maximum Gasteiger partial charge on any atom is 0.217 e. The molecule has 0 atom stereocenters. The number of nitrogens with two attached hydrogens (primary N) is 2. The molecule has 0 spiro atoms. The molecule has 5 heteroatoms. The predicted molar refractivity (Wildman–Crippen MR) is 67.9 cm³/mol. The quantitative estimate of drug-likeness (QED) is 0.580. The van der Waals surface area contributed by atoms with E-state index in [-0.39, 0.29) is 5.91 Å². The highest BCUT2D eigenvalue weighted by Gasteiger charge is 1.98. The summed E-state index contributed by atoms with van der Waals surface area (Å²) in [6.07, 6.45) is 0.987. The van der Waals surface area contributed by atoms with E-state index in [9.17, 15) is 4.79 Å². The van der Waals surface area contributed by atoms with Crippen LogP contribution in [0.2, 0.25) is 0 Å². The topological polar surface area (TPSA) is 90.4 Å². The van der Waals surface area contributed by atoms with Gasteiger partial charge in [-0.2, -0.15) is 0 Å². The molecular formula is C12H19N3O2. The van der Waals surface area contributed by atoms with Gasteiger partial charge in [0.2, 0.25) is 5.91 Å². The van der Waals surface area contributed by atoms with Crippen LogP contribution in [-0.4, -0.2) is 25.6 Å². The summed E-state index contributed by atoms with van der Waals surface area (Å²) in [5.74, 6) is 0.475. The number of hydrogen-bond acceptors (Lipinski definition) is 4. The second-order valence-corrected chi connectivity index (χ2v) is 3.66. The predicted octanol–water partition coefficient (Wildman–Crippen LogP) is 0.701. The maximum atomic E-state index is 10.5. The van der Waals surface area contributed by atoms with Gasteiger partial charge in [-0.25, -0.2) is 0 Å². The van der Waals surface area contributed by atoms with Crippen LogP contribution >= 0.6 is 0 Å². The minimum Gasteiger partial charge on any atom is -0.494 e.